The zero-order valence-corrected chi connectivity index (χ0v) is 9.77. The van der Waals surface area contributed by atoms with Gasteiger partial charge in [-0.2, -0.15) is 0 Å². The van der Waals surface area contributed by atoms with Crippen molar-refractivity contribution in [1.29, 1.82) is 0 Å². The van der Waals surface area contributed by atoms with E-state index in [1.54, 1.807) is 6.92 Å². The predicted molar refractivity (Wildman–Crippen MR) is 55.5 cm³/mol. The molecular weight excluding hydrogens is 160 g/mol. The second kappa shape index (κ2) is 2.83. The van der Waals surface area contributed by atoms with Crippen LogP contribution < -0.4 is 0 Å². The Morgan fingerprint density at radius 2 is 1.77 bits per heavy atom. The Morgan fingerprint density at radius 1 is 1.31 bits per heavy atom. The minimum absolute atomic E-state index is 0.212. The molecule has 1 heteroatoms. The van der Waals surface area contributed by atoms with Gasteiger partial charge in [0, 0.05) is 5.92 Å². The molecule has 2 atom stereocenters. The van der Waals surface area contributed by atoms with Crippen LogP contribution in [0.15, 0.2) is 0 Å². The highest BCUT2D eigenvalue weighted by Crippen LogP contribution is 2.58. The van der Waals surface area contributed by atoms with Gasteiger partial charge in [-0.15, -0.1) is 0 Å². The van der Waals surface area contributed by atoms with E-state index in [1.165, 1.54) is 0 Å². The Morgan fingerprint density at radius 3 is 2.00 bits per heavy atom. The maximum atomic E-state index is 11.3. The van der Waals surface area contributed by atoms with E-state index in [-0.39, 0.29) is 5.41 Å². The fraction of sp³-hybridized carbons (Fsp3) is 0.917. The summed E-state index contributed by atoms with van der Waals surface area (Å²) < 4.78 is 0. The Kier molecular flexibility index (Phi) is 2.34. The number of hydrogen-bond donors (Lipinski definition) is 0. The molecule has 76 valence electrons. The minimum atomic E-state index is 0.212. The highest BCUT2D eigenvalue weighted by molar-refractivity contribution is 5.80. The minimum Gasteiger partial charge on any atom is -0.300 e. The first-order valence-electron chi connectivity index (χ1n) is 5.18. The highest BCUT2D eigenvalue weighted by atomic mass is 16.1. The molecule has 13 heavy (non-hydrogen) atoms. The highest BCUT2D eigenvalue weighted by Gasteiger charge is 2.54. The van der Waals surface area contributed by atoms with E-state index in [1.807, 2.05) is 0 Å². The molecule has 0 heterocycles. The number of carbonyl (C=O) groups excluding carboxylic acids is 1. The number of hydrogen-bond acceptors (Lipinski definition) is 1. The van der Waals surface area contributed by atoms with Crippen LogP contribution in [-0.2, 0) is 4.79 Å². The third-order valence-corrected chi connectivity index (χ3v) is 3.80. The molecule has 0 bridgehead atoms. The van der Waals surface area contributed by atoms with Crippen molar-refractivity contribution in [2.24, 2.45) is 22.7 Å². The van der Waals surface area contributed by atoms with Crippen LogP contribution in [0, 0.1) is 22.7 Å². The van der Waals surface area contributed by atoms with Crippen LogP contribution >= 0.6 is 0 Å². The zero-order valence-electron chi connectivity index (χ0n) is 9.77. The molecular formula is C12H22O. The van der Waals surface area contributed by atoms with Crippen LogP contribution in [0.2, 0.25) is 0 Å². The van der Waals surface area contributed by atoms with E-state index in [4.69, 9.17) is 0 Å². The SMILES string of the molecule is CC(=O)[C@@H]1CC(C(C)(C)C)C1(C)C. The van der Waals surface area contributed by atoms with E-state index in [9.17, 15) is 4.79 Å². The van der Waals surface area contributed by atoms with Crippen molar-refractivity contribution < 1.29 is 4.79 Å². The van der Waals surface area contributed by atoms with E-state index in [2.05, 4.69) is 34.6 Å². The maximum absolute atomic E-state index is 11.3. The maximum Gasteiger partial charge on any atom is 0.133 e. The number of ketones is 1. The standard InChI is InChI=1S/C12H22O/c1-8(13)9-7-10(11(2,3)4)12(9,5)6/h9-10H,7H2,1-6H3/t9-,10?/m0/s1. The van der Waals surface area contributed by atoms with Gasteiger partial charge in [0.05, 0.1) is 0 Å². The van der Waals surface area contributed by atoms with E-state index in [0.29, 0.717) is 23.0 Å². The van der Waals surface area contributed by atoms with Crippen molar-refractivity contribution >= 4 is 5.78 Å². The van der Waals surface area contributed by atoms with Crippen molar-refractivity contribution in [3.05, 3.63) is 0 Å². The molecule has 0 aromatic rings. The average molecular weight is 182 g/mol. The van der Waals surface area contributed by atoms with Gasteiger partial charge in [-0.1, -0.05) is 34.6 Å². The van der Waals surface area contributed by atoms with E-state index in [0.717, 1.165) is 6.42 Å². The summed E-state index contributed by atoms with van der Waals surface area (Å²) in [5.41, 5.74) is 0.555. The molecule has 0 saturated heterocycles. The Labute approximate surface area is 81.9 Å². The lowest BCUT2D eigenvalue weighted by atomic mass is 9.47. The lowest BCUT2D eigenvalue weighted by Crippen LogP contribution is -2.53. The molecule has 1 fully saturated rings. The molecule has 1 aliphatic rings. The number of Topliss-reactive ketones (excluding diaryl/α,β-unsaturated/α-hetero) is 1. The van der Waals surface area contributed by atoms with Crippen LogP contribution in [0.5, 0.6) is 0 Å². The molecule has 0 aromatic carbocycles. The monoisotopic (exact) mass is 182 g/mol. The van der Waals surface area contributed by atoms with E-state index >= 15 is 0 Å². The van der Waals surface area contributed by atoms with Gasteiger partial charge in [-0.25, -0.2) is 0 Å². The van der Waals surface area contributed by atoms with Gasteiger partial charge in [-0.3, -0.25) is 4.79 Å². The summed E-state index contributed by atoms with van der Waals surface area (Å²) in [5.74, 6) is 1.36. The third kappa shape index (κ3) is 1.66. The predicted octanol–water partition coefficient (Wildman–Crippen LogP) is 3.28. The lowest BCUT2D eigenvalue weighted by molar-refractivity contribution is -0.144. The summed E-state index contributed by atoms with van der Waals surface area (Å²) in [7, 11) is 0. The Balaban J connectivity index is 2.76. The second-order valence-electron chi connectivity index (χ2n) is 6.14. The van der Waals surface area contributed by atoms with Crippen LogP contribution in [-0.4, -0.2) is 5.78 Å². The lowest BCUT2D eigenvalue weighted by Gasteiger charge is -2.57. The van der Waals surface area contributed by atoms with E-state index < -0.39 is 0 Å². The molecule has 1 aliphatic carbocycles. The van der Waals surface area contributed by atoms with Crippen molar-refractivity contribution in [1.82, 2.24) is 0 Å². The molecule has 1 nitrogen and oxygen atoms in total. The molecule has 1 saturated carbocycles. The van der Waals surface area contributed by atoms with Gasteiger partial charge in [0.25, 0.3) is 0 Å². The van der Waals surface area contributed by atoms with Gasteiger partial charge in [0.2, 0.25) is 0 Å². The zero-order chi connectivity index (χ0) is 10.4. The molecule has 0 aliphatic heterocycles. The normalized spacial score (nSPS) is 32.5. The summed E-state index contributed by atoms with van der Waals surface area (Å²) in [6, 6.07) is 0. The fourth-order valence-electron chi connectivity index (χ4n) is 3.08. The van der Waals surface area contributed by atoms with Gasteiger partial charge in [0.15, 0.2) is 0 Å². The second-order valence-corrected chi connectivity index (χ2v) is 6.14. The quantitative estimate of drug-likeness (QED) is 0.608. The first kappa shape index (κ1) is 10.7. The molecule has 0 N–H and O–H groups in total. The number of rotatable bonds is 1. The largest absolute Gasteiger partial charge is 0.300 e. The smallest absolute Gasteiger partial charge is 0.133 e. The van der Waals surface area contributed by atoms with Crippen LogP contribution in [0.4, 0.5) is 0 Å². The van der Waals surface area contributed by atoms with Crippen LogP contribution in [0.1, 0.15) is 48.0 Å². The van der Waals surface area contributed by atoms with Gasteiger partial charge in [-0.05, 0) is 30.1 Å². The molecule has 0 aromatic heterocycles. The molecule has 1 rings (SSSR count). The topological polar surface area (TPSA) is 17.1 Å². The molecule has 0 spiro atoms. The first-order valence-corrected chi connectivity index (χ1v) is 5.18. The first-order chi connectivity index (χ1) is 5.67. The molecule has 1 unspecified atom stereocenters. The van der Waals surface area contributed by atoms with Crippen molar-refractivity contribution in [3.63, 3.8) is 0 Å². The summed E-state index contributed by atoms with van der Waals surface area (Å²) in [5, 5.41) is 0. The fourth-order valence-corrected chi connectivity index (χ4v) is 3.08. The third-order valence-electron chi connectivity index (χ3n) is 3.80. The van der Waals surface area contributed by atoms with Gasteiger partial charge in [0.1, 0.15) is 5.78 Å². The van der Waals surface area contributed by atoms with Gasteiger partial charge >= 0.3 is 0 Å². The average Bonchev–Trinajstić information content (AvgIpc) is 1.80. The number of carbonyl (C=O) groups is 1. The summed E-state index contributed by atoms with van der Waals surface area (Å²) in [6.45, 7) is 13.0. The van der Waals surface area contributed by atoms with Crippen LogP contribution in [0.25, 0.3) is 0 Å². The summed E-state index contributed by atoms with van der Waals surface area (Å²) in [6.07, 6.45) is 1.09. The van der Waals surface area contributed by atoms with Crippen molar-refractivity contribution in [2.45, 2.75) is 48.0 Å². The van der Waals surface area contributed by atoms with Crippen molar-refractivity contribution in [3.8, 4) is 0 Å². The van der Waals surface area contributed by atoms with Gasteiger partial charge < -0.3 is 0 Å². The van der Waals surface area contributed by atoms with Crippen LogP contribution in [0.3, 0.4) is 0 Å². The molecule has 0 amide bonds. The summed E-state index contributed by atoms with van der Waals surface area (Å²) in [4.78, 5) is 11.3. The van der Waals surface area contributed by atoms with Crippen molar-refractivity contribution in [2.75, 3.05) is 0 Å². The Bertz CT molecular complexity index is 220. The molecule has 0 radical (unpaired) electrons. The Hall–Kier alpha value is -0.330. The summed E-state index contributed by atoms with van der Waals surface area (Å²) >= 11 is 0.